The summed E-state index contributed by atoms with van der Waals surface area (Å²) in [6.45, 7) is 0.115. The Kier molecular flexibility index (Phi) is 7.26. The number of Topliss-reactive ketones (excluding diaryl/α,β-unsaturated/α-hetero) is 1. The van der Waals surface area contributed by atoms with E-state index in [1.807, 2.05) is 24.4 Å². The number of esters is 1. The summed E-state index contributed by atoms with van der Waals surface area (Å²) in [6.07, 6.45) is 2.19. The number of aliphatic hydroxyl groups is 1. The summed E-state index contributed by atoms with van der Waals surface area (Å²) >= 11 is 0. The third-order valence-electron chi connectivity index (χ3n) is 7.11. The van der Waals surface area contributed by atoms with E-state index in [-0.39, 0.29) is 28.9 Å². The minimum Gasteiger partial charge on any atom is -0.507 e. The van der Waals surface area contributed by atoms with Gasteiger partial charge in [-0.2, -0.15) is 0 Å². The fraction of sp³-hybridized carbons (Fsp3) is 0.167. The Morgan fingerprint density at radius 3 is 2.49 bits per heavy atom. The van der Waals surface area contributed by atoms with E-state index in [9.17, 15) is 29.6 Å². The maximum Gasteiger partial charge on any atom is 0.337 e. The number of aromatic nitrogens is 1. The van der Waals surface area contributed by atoms with E-state index in [4.69, 9.17) is 9.47 Å². The molecule has 4 aromatic rings. The molecule has 0 spiro atoms. The first-order valence-corrected chi connectivity index (χ1v) is 12.6. The van der Waals surface area contributed by atoms with Crippen molar-refractivity contribution in [3.63, 3.8) is 0 Å². The highest BCUT2D eigenvalue weighted by molar-refractivity contribution is 6.46. The number of nitrogens with one attached hydrogen (secondary N) is 1. The quantitative estimate of drug-likeness (QED) is 0.0803. The number of benzene rings is 3. The summed E-state index contributed by atoms with van der Waals surface area (Å²) in [6, 6.07) is 15.9. The van der Waals surface area contributed by atoms with Gasteiger partial charge in [0.2, 0.25) is 0 Å². The summed E-state index contributed by atoms with van der Waals surface area (Å²) in [4.78, 5) is 54.0. The summed E-state index contributed by atoms with van der Waals surface area (Å²) in [5.74, 6) is -2.17. The molecule has 5 rings (SSSR count). The van der Waals surface area contributed by atoms with Crippen molar-refractivity contribution in [2.24, 2.45) is 0 Å². The SMILES string of the molecule is COC(=O)c1ccc([C@@H]2C(=C(O)c3cccc([N+](=O)[O-])c3)C(=O)C(=O)N2CCc2c[nH]c3ccc(OC)cc23)cc1. The van der Waals surface area contributed by atoms with Crippen LogP contribution in [0.15, 0.2) is 78.5 Å². The minimum absolute atomic E-state index is 0.0251. The van der Waals surface area contributed by atoms with Crippen molar-refractivity contribution in [3.05, 3.63) is 111 Å². The van der Waals surface area contributed by atoms with Gasteiger partial charge in [-0.25, -0.2) is 4.79 Å². The molecule has 2 N–H and O–H groups in total. The molecule has 1 amide bonds. The molecule has 41 heavy (non-hydrogen) atoms. The highest BCUT2D eigenvalue weighted by atomic mass is 16.6. The largest absolute Gasteiger partial charge is 0.507 e. The van der Waals surface area contributed by atoms with Crippen LogP contribution in [0.5, 0.6) is 5.75 Å². The van der Waals surface area contributed by atoms with Crippen LogP contribution >= 0.6 is 0 Å². The van der Waals surface area contributed by atoms with E-state index < -0.39 is 34.4 Å². The highest BCUT2D eigenvalue weighted by Gasteiger charge is 2.46. The Morgan fingerprint density at radius 2 is 1.80 bits per heavy atom. The number of non-ortho nitro benzene ring substituents is 1. The molecule has 11 nitrogen and oxygen atoms in total. The first kappa shape index (κ1) is 27.1. The van der Waals surface area contributed by atoms with Crippen LogP contribution in [-0.4, -0.2) is 58.3 Å². The van der Waals surface area contributed by atoms with E-state index in [2.05, 4.69) is 4.98 Å². The first-order chi connectivity index (χ1) is 19.7. The molecule has 1 aliphatic rings. The van der Waals surface area contributed by atoms with Crippen LogP contribution in [0.3, 0.4) is 0 Å². The molecule has 1 saturated heterocycles. The zero-order valence-electron chi connectivity index (χ0n) is 22.1. The van der Waals surface area contributed by atoms with Gasteiger partial charge < -0.3 is 24.5 Å². The predicted octanol–water partition coefficient (Wildman–Crippen LogP) is 4.54. The molecule has 3 aromatic carbocycles. The van der Waals surface area contributed by atoms with Crippen molar-refractivity contribution in [2.75, 3.05) is 20.8 Å². The fourth-order valence-electron chi connectivity index (χ4n) is 5.03. The lowest BCUT2D eigenvalue weighted by molar-refractivity contribution is -0.384. The van der Waals surface area contributed by atoms with Gasteiger partial charge >= 0.3 is 5.97 Å². The number of carbonyl (C=O) groups is 3. The number of methoxy groups -OCH3 is 2. The zero-order valence-corrected chi connectivity index (χ0v) is 22.1. The van der Waals surface area contributed by atoms with Crippen molar-refractivity contribution in [1.29, 1.82) is 0 Å². The Morgan fingerprint density at radius 1 is 1.05 bits per heavy atom. The van der Waals surface area contributed by atoms with E-state index in [1.54, 1.807) is 19.2 Å². The van der Waals surface area contributed by atoms with Gasteiger partial charge in [0.05, 0.1) is 36.3 Å². The standard InChI is InChI=1S/C30H25N3O8/c1-40-22-10-11-24-23(15-22)20(16-31-24)12-13-32-26(17-6-8-18(9-7-17)30(37)41-2)25(28(35)29(32)36)27(34)19-4-3-5-21(14-19)33(38)39/h3-11,14-16,26,31,34H,12-13H2,1-2H3/t26-/m1/s1. The van der Waals surface area contributed by atoms with E-state index in [0.717, 1.165) is 22.5 Å². The topological polar surface area (TPSA) is 152 Å². The Bertz CT molecular complexity index is 1720. The molecule has 2 heterocycles. The number of hydrogen-bond donors (Lipinski definition) is 2. The van der Waals surface area contributed by atoms with E-state index >= 15 is 0 Å². The molecular weight excluding hydrogens is 530 g/mol. The van der Waals surface area contributed by atoms with E-state index in [0.29, 0.717) is 17.7 Å². The number of hydrogen-bond acceptors (Lipinski definition) is 8. The fourth-order valence-corrected chi connectivity index (χ4v) is 5.03. The average Bonchev–Trinajstić information content (AvgIpc) is 3.52. The van der Waals surface area contributed by atoms with Crippen molar-refractivity contribution in [3.8, 4) is 5.75 Å². The molecular formula is C30H25N3O8. The second-order valence-electron chi connectivity index (χ2n) is 9.39. The normalized spacial score (nSPS) is 16.2. The number of rotatable bonds is 8. The van der Waals surface area contributed by atoms with Crippen molar-refractivity contribution in [2.45, 2.75) is 12.5 Å². The molecule has 11 heteroatoms. The Hall–Kier alpha value is -5.45. The monoisotopic (exact) mass is 555 g/mol. The molecule has 0 aliphatic carbocycles. The zero-order chi connectivity index (χ0) is 29.3. The highest BCUT2D eigenvalue weighted by Crippen LogP contribution is 2.40. The molecule has 1 fully saturated rings. The molecule has 0 unspecified atom stereocenters. The first-order valence-electron chi connectivity index (χ1n) is 12.6. The summed E-state index contributed by atoms with van der Waals surface area (Å²) in [5.41, 5.74) is 2.03. The second kappa shape index (κ2) is 11.0. The van der Waals surface area contributed by atoms with Gasteiger partial charge in [-0.3, -0.25) is 19.7 Å². The number of ketones is 1. The molecule has 1 atom stereocenters. The van der Waals surface area contributed by atoms with Gasteiger partial charge in [-0.05, 0) is 47.9 Å². The van der Waals surface area contributed by atoms with Gasteiger partial charge in [-0.15, -0.1) is 0 Å². The average molecular weight is 556 g/mol. The number of amides is 1. The van der Waals surface area contributed by atoms with Crippen LogP contribution in [0.2, 0.25) is 0 Å². The third kappa shape index (κ3) is 5.00. The summed E-state index contributed by atoms with van der Waals surface area (Å²) in [5, 5.41) is 23.5. The number of carbonyl (C=O) groups excluding carboxylic acids is 3. The number of nitro groups is 1. The number of fused-ring (bicyclic) bond motifs is 1. The molecule has 1 aliphatic heterocycles. The minimum atomic E-state index is -1.01. The lowest BCUT2D eigenvalue weighted by Crippen LogP contribution is -2.31. The van der Waals surface area contributed by atoms with Gasteiger partial charge in [0.15, 0.2) is 0 Å². The van der Waals surface area contributed by atoms with Crippen LogP contribution in [0.25, 0.3) is 16.7 Å². The summed E-state index contributed by atoms with van der Waals surface area (Å²) in [7, 11) is 2.82. The third-order valence-corrected chi connectivity index (χ3v) is 7.11. The number of H-pyrrole nitrogens is 1. The molecule has 1 aromatic heterocycles. The number of aliphatic hydroxyl groups excluding tert-OH is 1. The Balaban J connectivity index is 1.58. The maximum absolute atomic E-state index is 13.4. The van der Waals surface area contributed by atoms with Gasteiger partial charge in [0, 0.05) is 41.3 Å². The lowest BCUT2D eigenvalue weighted by atomic mass is 9.94. The summed E-state index contributed by atoms with van der Waals surface area (Å²) < 4.78 is 10.1. The van der Waals surface area contributed by atoms with Gasteiger partial charge in [0.1, 0.15) is 11.5 Å². The van der Waals surface area contributed by atoms with E-state index in [1.165, 1.54) is 42.3 Å². The lowest BCUT2D eigenvalue weighted by Gasteiger charge is -2.25. The van der Waals surface area contributed by atoms with Crippen LogP contribution in [0.1, 0.15) is 33.1 Å². The number of likely N-dealkylation sites (tertiary alicyclic amines) is 1. The second-order valence-corrected chi connectivity index (χ2v) is 9.39. The molecule has 0 radical (unpaired) electrons. The van der Waals surface area contributed by atoms with Crippen LogP contribution in [-0.2, 0) is 20.7 Å². The van der Waals surface area contributed by atoms with Crippen LogP contribution in [0, 0.1) is 10.1 Å². The van der Waals surface area contributed by atoms with Crippen molar-refractivity contribution in [1.82, 2.24) is 9.88 Å². The maximum atomic E-state index is 13.4. The predicted molar refractivity (Wildman–Crippen MR) is 148 cm³/mol. The number of ether oxygens (including phenoxy) is 2. The van der Waals surface area contributed by atoms with Crippen LogP contribution < -0.4 is 4.74 Å². The molecule has 0 bridgehead atoms. The molecule has 0 saturated carbocycles. The molecule has 208 valence electrons. The van der Waals surface area contributed by atoms with Crippen molar-refractivity contribution < 1.29 is 33.9 Å². The Labute approximate surface area is 233 Å². The van der Waals surface area contributed by atoms with Crippen LogP contribution in [0.4, 0.5) is 5.69 Å². The van der Waals surface area contributed by atoms with Crippen molar-refractivity contribution >= 4 is 40.0 Å². The van der Waals surface area contributed by atoms with Gasteiger partial charge in [0.25, 0.3) is 17.4 Å². The number of nitro benzene ring substituents is 1. The smallest absolute Gasteiger partial charge is 0.337 e. The van der Waals surface area contributed by atoms with Gasteiger partial charge in [-0.1, -0.05) is 24.3 Å². The number of aromatic amines is 1. The number of nitrogens with zero attached hydrogens (tertiary/aromatic N) is 2.